The van der Waals surface area contributed by atoms with Crippen LogP contribution < -0.4 is 5.32 Å². The van der Waals surface area contributed by atoms with Crippen LogP contribution in [0.15, 0.2) is 65.6 Å². The van der Waals surface area contributed by atoms with Crippen LogP contribution >= 0.6 is 11.6 Å². The fourth-order valence-electron chi connectivity index (χ4n) is 4.25. The molecule has 1 unspecified atom stereocenters. The van der Waals surface area contributed by atoms with Gasteiger partial charge in [-0.15, -0.1) is 5.10 Å². The second-order valence-corrected chi connectivity index (χ2v) is 11.4. The van der Waals surface area contributed by atoms with Gasteiger partial charge in [-0.3, -0.25) is 9.59 Å². The highest BCUT2D eigenvalue weighted by Gasteiger charge is 2.24. The predicted molar refractivity (Wildman–Crippen MR) is 143 cm³/mol. The van der Waals surface area contributed by atoms with Crippen molar-refractivity contribution in [2.45, 2.75) is 30.7 Å². The summed E-state index contributed by atoms with van der Waals surface area (Å²) >= 11 is 6.45. The number of aryl methyl sites for hydroxylation is 1. The molecule has 1 aromatic heterocycles. The number of sulfonamides is 1. The Labute approximate surface area is 224 Å². The number of rotatable bonds is 9. The second kappa shape index (κ2) is 10.9. The van der Waals surface area contributed by atoms with Crippen LogP contribution in [0.3, 0.4) is 0 Å². The lowest BCUT2D eigenvalue weighted by atomic mass is 9.87. The van der Waals surface area contributed by atoms with Gasteiger partial charge < -0.3 is 10.4 Å². The summed E-state index contributed by atoms with van der Waals surface area (Å²) in [5.41, 5.74) is 3.75. The van der Waals surface area contributed by atoms with Crippen molar-refractivity contribution in [2.24, 2.45) is 7.05 Å². The minimum Gasteiger partial charge on any atom is -0.481 e. The minimum absolute atomic E-state index is 0.0135. The van der Waals surface area contributed by atoms with Gasteiger partial charge in [-0.2, -0.15) is 4.31 Å². The molecule has 4 aromatic rings. The first kappa shape index (κ1) is 27.2. The van der Waals surface area contributed by atoms with Crippen LogP contribution in [0.4, 0.5) is 5.69 Å². The van der Waals surface area contributed by atoms with E-state index in [0.717, 1.165) is 15.4 Å². The number of aliphatic carboxylic acids is 1. The average Bonchev–Trinajstić information content (AvgIpc) is 3.23. The maximum Gasteiger partial charge on any atom is 0.304 e. The lowest BCUT2D eigenvalue weighted by Crippen LogP contribution is -2.27. The number of halogens is 1. The lowest BCUT2D eigenvalue weighted by Gasteiger charge is -2.21. The van der Waals surface area contributed by atoms with Crippen LogP contribution in [0.25, 0.3) is 11.0 Å². The Morgan fingerprint density at radius 1 is 1.11 bits per heavy atom. The van der Waals surface area contributed by atoms with Gasteiger partial charge in [0.2, 0.25) is 15.9 Å². The van der Waals surface area contributed by atoms with Gasteiger partial charge in [-0.25, -0.2) is 13.1 Å². The molecule has 10 nitrogen and oxygen atoms in total. The summed E-state index contributed by atoms with van der Waals surface area (Å²) < 4.78 is 29.3. The standard InChI is InChI=1S/C26H26ClN5O5S/c1-16(33)28-20-5-4-6-21(13-20)38(36,37)31(2)15-19-11-17(7-9-23(19)27)22(14-26(34)35)18-8-10-25-24(12-18)29-30-32(25)3/h4-13,22H,14-15H2,1-3H3,(H,28,33)(H,34,35). The Balaban J connectivity index is 1.66. The number of nitrogens with zero attached hydrogens (tertiary/aromatic N) is 4. The van der Waals surface area contributed by atoms with E-state index in [0.29, 0.717) is 27.4 Å². The van der Waals surface area contributed by atoms with Crippen molar-refractivity contribution < 1.29 is 23.1 Å². The number of carboxylic acid groups (broad SMARTS) is 1. The van der Waals surface area contributed by atoms with E-state index >= 15 is 0 Å². The number of benzene rings is 3. The van der Waals surface area contributed by atoms with E-state index in [1.807, 2.05) is 18.2 Å². The van der Waals surface area contributed by atoms with E-state index in [2.05, 4.69) is 15.6 Å². The maximum absolute atomic E-state index is 13.3. The molecule has 0 radical (unpaired) electrons. The molecule has 1 atom stereocenters. The summed E-state index contributed by atoms with van der Waals surface area (Å²) in [6.45, 7) is 1.29. The molecule has 0 bridgehead atoms. The molecule has 0 aliphatic rings. The van der Waals surface area contributed by atoms with E-state index < -0.39 is 21.9 Å². The molecule has 1 amide bonds. The molecular formula is C26H26ClN5O5S. The van der Waals surface area contributed by atoms with Gasteiger partial charge in [0.1, 0.15) is 5.52 Å². The van der Waals surface area contributed by atoms with Crippen molar-refractivity contribution in [3.8, 4) is 0 Å². The molecule has 1 heterocycles. The third-order valence-corrected chi connectivity index (χ3v) is 8.31. The van der Waals surface area contributed by atoms with E-state index in [4.69, 9.17) is 11.6 Å². The number of anilines is 1. The molecule has 198 valence electrons. The smallest absolute Gasteiger partial charge is 0.304 e. The van der Waals surface area contributed by atoms with Gasteiger partial charge in [0.05, 0.1) is 16.8 Å². The first-order valence-electron chi connectivity index (χ1n) is 11.6. The van der Waals surface area contributed by atoms with Gasteiger partial charge in [-0.1, -0.05) is 41.1 Å². The summed E-state index contributed by atoms with van der Waals surface area (Å²) in [6, 6.07) is 16.6. The topological polar surface area (TPSA) is 134 Å². The number of amides is 1. The molecule has 2 N–H and O–H groups in total. The lowest BCUT2D eigenvalue weighted by molar-refractivity contribution is -0.137. The Morgan fingerprint density at radius 2 is 1.82 bits per heavy atom. The summed E-state index contributed by atoms with van der Waals surface area (Å²) in [7, 11) is -0.722. The molecule has 0 fully saturated rings. The van der Waals surface area contributed by atoms with E-state index in [9.17, 15) is 23.1 Å². The summed E-state index contributed by atoms with van der Waals surface area (Å²) in [4.78, 5) is 23.2. The molecule has 4 rings (SSSR count). The normalized spacial score (nSPS) is 12.6. The zero-order valence-corrected chi connectivity index (χ0v) is 22.5. The number of carbonyl (C=O) groups excluding carboxylic acids is 1. The number of carboxylic acids is 1. The third-order valence-electron chi connectivity index (χ3n) is 6.14. The van der Waals surface area contributed by atoms with Crippen molar-refractivity contribution in [3.63, 3.8) is 0 Å². The maximum atomic E-state index is 13.3. The SMILES string of the molecule is CC(=O)Nc1cccc(S(=O)(=O)N(C)Cc2cc(C(CC(=O)O)c3ccc4c(c3)nnn4C)ccc2Cl)c1. The molecule has 12 heteroatoms. The van der Waals surface area contributed by atoms with Crippen LogP contribution in [0, 0.1) is 0 Å². The highest BCUT2D eigenvalue weighted by Crippen LogP contribution is 2.33. The molecule has 3 aromatic carbocycles. The van der Waals surface area contributed by atoms with Crippen molar-refractivity contribution in [1.82, 2.24) is 19.3 Å². The highest BCUT2D eigenvalue weighted by atomic mass is 35.5. The zero-order chi connectivity index (χ0) is 27.6. The van der Waals surface area contributed by atoms with Crippen molar-refractivity contribution in [1.29, 1.82) is 0 Å². The largest absolute Gasteiger partial charge is 0.481 e. The molecule has 0 saturated heterocycles. The third kappa shape index (κ3) is 5.85. The van der Waals surface area contributed by atoms with Crippen LogP contribution in [0.2, 0.25) is 5.02 Å². The van der Waals surface area contributed by atoms with Gasteiger partial charge >= 0.3 is 5.97 Å². The number of nitrogens with one attached hydrogen (secondary N) is 1. The average molecular weight is 556 g/mol. The molecule has 38 heavy (non-hydrogen) atoms. The quantitative estimate of drug-likeness (QED) is 0.318. The van der Waals surface area contributed by atoms with E-state index in [1.54, 1.807) is 42.1 Å². The van der Waals surface area contributed by atoms with Gasteiger partial charge in [0, 0.05) is 44.2 Å². The highest BCUT2D eigenvalue weighted by molar-refractivity contribution is 7.89. The predicted octanol–water partition coefficient (Wildman–Crippen LogP) is 4.01. The van der Waals surface area contributed by atoms with Crippen molar-refractivity contribution >= 4 is 50.2 Å². The Morgan fingerprint density at radius 3 is 2.53 bits per heavy atom. The second-order valence-electron chi connectivity index (χ2n) is 8.93. The van der Waals surface area contributed by atoms with Gasteiger partial charge in [-0.05, 0) is 53.1 Å². The first-order valence-corrected chi connectivity index (χ1v) is 13.4. The van der Waals surface area contributed by atoms with E-state index in [-0.39, 0.29) is 23.8 Å². The Bertz CT molecular complexity index is 1640. The summed E-state index contributed by atoms with van der Waals surface area (Å²) in [5, 5.41) is 20.7. The summed E-state index contributed by atoms with van der Waals surface area (Å²) in [6.07, 6.45) is -0.184. The number of hydrogen-bond acceptors (Lipinski definition) is 6. The van der Waals surface area contributed by atoms with Gasteiger partial charge in [0.15, 0.2) is 0 Å². The first-order chi connectivity index (χ1) is 18.0. The number of fused-ring (bicyclic) bond motifs is 1. The summed E-state index contributed by atoms with van der Waals surface area (Å²) in [5.74, 6) is -1.82. The van der Waals surface area contributed by atoms with Crippen LogP contribution in [-0.4, -0.2) is 51.7 Å². The van der Waals surface area contributed by atoms with E-state index in [1.165, 1.54) is 26.1 Å². The molecule has 0 spiro atoms. The monoisotopic (exact) mass is 555 g/mol. The minimum atomic E-state index is -3.93. The number of carbonyl (C=O) groups is 2. The molecule has 0 aliphatic carbocycles. The number of hydrogen-bond donors (Lipinski definition) is 2. The Hall–Kier alpha value is -3.80. The Kier molecular flexibility index (Phi) is 7.81. The van der Waals surface area contributed by atoms with Gasteiger partial charge in [0.25, 0.3) is 0 Å². The number of aromatic nitrogens is 3. The zero-order valence-electron chi connectivity index (χ0n) is 20.9. The van der Waals surface area contributed by atoms with Crippen molar-refractivity contribution in [3.05, 3.63) is 82.4 Å². The molecule has 0 saturated carbocycles. The van der Waals surface area contributed by atoms with Crippen LogP contribution in [0.5, 0.6) is 0 Å². The fourth-order valence-corrected chi connectivity index (χ4v) is 5.62. The van der Waals surface area contributed by atoms with Crippen LogP contribution in [-0.2, 0) is 33.2 Å². The molecular weight excluding hydrogens is 530 g/mol. The van der Waals surface area contributed by atoms with Crippen molar-refractivity contribution in [2.75, 3.05) is 12.4 Å². The fraction of sp³-hybridized carbons (Fsp3) is 0.231. The van der Waals surface area contributed by atoms with Crippen LogP contribution in [0.1, 0.15) is 36.0 Å². The molecule has 0 aliphatic heterocycles.